The van der Waals surface area contributed by atoms with Crippen molar-refractivity contribution < 1.29 is 14.6 Å². The molecule has 2 aliphatic rings. The normalized spacial score (nSPS) is 26.5. The topological polar surface area (TPSA) is 87.6 Å². The van der Waals surface area contributed by atoms with Crippen LogP contribution in [0.1, 0.15) is 19.8 Å². The van der Waals surface area contributed by atoms with Gasteiger partial charge in [0.05, 0.1) is 24.9 Å². The molecule has 2 saturated heterocycles. The van der Waals surface area contributed by atoms with Crippen LogP contribution in [-0.2, 0) is 4.74 Å². The number of amides is 1. The lowest BCUT2D eigenvalue weighted by molar-refractivity contribution is 0.0970. The molecule has 3 rings (SSSR count). The minimum absolute atomic E-state index is 0.117. The van der Waals surface area contributed by atoms with Gasteiger partial charge in [-0.25, -0.2) is 14.8 Å². The molecule has 2 N–H and O–H groups in total. The Hall–Kier alpha value is -1.12. The second kappa shape index (κ2) is 6.41. The average molecular weight is 406 g/mol. The number of rotatable bonds is 2. The van der Waals surface area contributed by atoms with Gasteiger partial charge in [-0.2, -0.15) is 0 Å². The zero-order valence-corrected chi connectivity index (χ0v) is 15.0. The van der Waals surface area contributed by atoms with Crippen molar-refractivity contribution in [3.8, 4) is 0 Å². The van der Waals surface area contributed by atoms with Crippen LogP contribution >= 0.6 is 27.5 Å². The summed E-state index contributed by atoms with van der Waals surface area (Å²) in [6.45, 7) is 3.97. The lowest BCUT2D eigenvalue weighted by Crippen LogP contribution is -2.54. The third-order valence-corrected chi connectivity index (χ3v) is 5.42. The minimum atomic E-state index is -1.00. The molecule has 1 aromatic heterocycles. The highest BCUT2D eigenvalue weighted by Crippen LogP contribution is 2.43. The van der Waals surface area contributed by atoms with E-state index in [1.165, 1.54) is 0 Å². The average Bonchev–Trinajstić information content (AvgIpc) is 2.78. The van der Waals surface area contributed by atoms with Crippen LogP contribution in [0.4, 0.5) is 10.6 Å². The van der Waals surface area contributed by atoms with E-state index in [1.807, 2.05) is 6.92 Å². The largest absolute Gasteiger partial charge is 0.465 e. The Morgan fingerprint density at radius 3 is 2.87 bits per heavy atom. The summed E-state index contributed by atoms with van der Waals surface area (Å²) in [5.74, 6) is 0.666. The van der Waals surface area contributed by atoms with Crippen LogP contribution in [0.15, 0.2) is 10.8 Å². The van der Waals surface area contributed by atoms with Crippen molar-refractivity contribution in [2.24, 2.45) is 5.41 Å². The zero-order chi connectivity index (χ0) is 16.6. The maximum absolute atomic E-state index is 11.1. The van der Waals surface area contributed by atoms with Gasteiger partial charge in [0, 0.05) is 18.5 Å². The number of piperidine rings is 1. The number of hydrogen-bond acceptors (Lipinski definition) is 5. The Balaban J connectivity index is 1.73. The van der Waals surface area contributed by atoms with Crippen molar-refractivity contribution in [2.75, 3.05) is 24.6 Å². The summed E-state index contributed by atoms with van der Waals surface area (Å²) in [4.78, 5) is 21.7. The Bertz CT molecular complexity index is 610. The lowest BCUT2D eigenvalue weighted by atomic mass is 9.73. The summed E-state index contributed by atoms with van der Waals surface area (Å²) in [5, 5.41) is 12.1. The maximum Gasteiger partial charge on any atom is 0.404 e. The number of nitrogens with zero attached hydrogens (tertiary/aromatic N) is 3. The van der Waals surface area contributed by atoms with Gasteiger partial charge >= 0.3 is 6.09 Å². The molecule has 2 fully saturated rings. The standard InChI is InChI=1S/C14H18BrClN4O3/c1-8-10(19-13(21)22)14(7-23-8)2-4-20(5-3-14)12-11(16)18-9(15)6-17-12/h6,8,10,19H,2-5,7H2,1H3,(H,21,22)/t8-,10+/m0/s1. The van der Waals surface area contributed by atoms with Crippen LogP contribution in [0.25, 0.3) is 0 Å². The lowest BCUT2D eigenvalue weighted by Gasteiger charge is -2.42. The number of anilines is 1. The molecule has 0 bridgehead atoms. The number of halogens is 2. The Morgan fingerprint density at radius 1 is 1.57 bits per heavy atom. The fourth-order valence-corrected chi connectivity index (χ4v) is 4.20. The molecule has 1 spiro atoms. The summed E-state index contributed by atoms with van der Waals surface area (Å²) in [6, 6.07) is -0.186. The predicted octanol–water partition coefficient (Wildman–Crippen LogP) is 2.53. The Morgan fingerprint density at radius 2 is 2.26 bits per heavy atom. The first-order chi connectivity index (χ1) is 10.9. The SMILES string of the molecule is C[C@@H]1OCC2(CCN(c3ncc(Br)nc3Cl)CC2)[C@@H]1NC(=O)O. The van der Waals surface area contributed by atoms with Crippen LogP contribution in [0.2, 0.25) is 5.15 Å². The van der Waals surface area contributed by atoms with Gasteiger partial charge in [-0.3, -0.25) is 0 Å². The van der Waals surface area contributed by atoms with Crippen molar-refractivity contribution in [2.45, 2.75) is 31.9 Å². The molecule has 0 saturated carbocycles. The second-order valence-electron chi connectivity index (χ2n) is 6.10. The summed E-state index contributed by atoms with van der Waals surface area (Å²) in [7, 11) is 0. The number of hydrogen-bond donors (Lipinski definition) is 2. The maximum atomic E-state index is 11.1. The first kappa shape index (κ1) is 16.7. The van der Waals surface area contributed by atoms with Gasteiger partial charge in [-0.05, 0) is 35.7 Å². The van der Waals surface area contributed by atoms with Crippen LogP contribution in [0.3, 0.4) is 0 Å². The van der Waals surface area contributed by atoms with Gasteiger partial charge < -0.3 is 20.1 Å². The first-order valence-electron chi connectivity index (χ1n) is 7.45. The monoisotopic (exact) mass is 404 g/mol. The van der Waals surface area contributed by atoms with Gasteiger partial charge in [0.2, 0.25) is 0 Å². The highest BCUT2D eigenvalue weighted by Gasteiger charge is 2.50. The van der Waals surface area contributed by atoms with E-state index in [0.29, 0.717) is 22.2 Å². The van der Waals surface area contributed by atoms with Gasteiger partial charge in [-0.15, -0.1) is 0 Å². The third kappa shape index (κ3) is 3.25. The Kier molecular flexibility index (Phi) is 4.66. The highest BCUT2D eigenvalue weighted by molar-refractivity contribution is 9.10. The molecular formula is C14H18BrClN4O3. The minimum Gasteiger partial charge on any atom is -0.465 e. The molecule has 1 amide bonds. The molecule has 126 valence electrons. The van der Waals surface area contributed by atoms with Crippen LogP contribution in [-0.4, -0.2) is 53.0 Å². The zero-order valence-electron chi connectivity index (χ0n) is 12.6. The fraction of sp³-hybridized carbons (Fsp3) is 0.643. The summed E-state index contributed by atoms with van der Waals surface area (Å²) in [6.07, 6.45) is 2.14. The number of carboxylic acid groups (broad SMARTS) is 1. The molecule has 0 aliphatic carbocycles. The number of nitrogens with one attached hydrogen (secondary N) is 1. The van der Waals surface area contributed by atoms with Crippen molar-refractivity contribution in [3.05, 3.63) is 16.0 Å². The van der Waals surface area contributed by atoms with E-state index in [2.05, 4.69) is 36.1 Å². The van der Waals surface area contributed by atoms with E-state index in [1.54, 1.807) is 6.20 Å². The molecule has 0 aromatic carbocycles. The molecule has 23 heavy (non-hydrogen) atoms. The highest BCUT2D eigenvalue weighted by atomic mass is 79.9. The molecule has 3 heterocycles. The van der Waals surface area contributed by atoms with E-state index >= 15 is 0 Å². The molecule has 1 aromatic rings. The summed E-state index contributed by atoms with van der Waals surface area (Å²) < 4.78 is 6.34. The summed E-state index contributed by atoms with van der Waals surface area (Å²) in [5.41, 5.74) is -0.163. The first-order valence-corrected chi connectivity index (χ1v) is 8.62. The van der Waals surface area contributed by atoms with Crippen molar-refractivity contribution >= 4 is 39.4 Å². The van der Waals surface area contributed by atoms with Crippen LogP contribution in [0.5, 0.6) is 0 Å². The second-order valence-corrected chi connectivity index (χ2v) is 7.27. The number of carbonyl (C=O) groups is 1. The molecule has 2 aliphatic heterocycles. The van der Waals surface area contributed by atoms with Gasteiger partial charge in [0.1, 0.15) is 4.60 Å². The number of ether oxygens (including phenoxy) is 1. The van der Waals surface area contributed by atoms with Gasteiger partial charge in [-0.1, -0.05) is 11.6 Å². The van der Waals surface area contributed by atoms with E-state index < -0.39 is 6.09 Å². The van der Waals surface area contributed by atoms with Crippen molar-refractivity contribution in [1.29, 1.82) is 0 Å². The van der Waals surface area contributed by atoms with Crippen molar-refractivity contribution in [1.82, 2.24) is 15.3 Å². The number of aromatic nitrogens is 2. The third-order valence-electron chi connectivity index (χ3n) is 4.78. The predicted molar refractivity (Wildman–Crippen MR) is 89.0 cm³/mol. The van der Waals surface area contributed by atoms with Crippen LogP contribution < -0.4 is 10.2 Å². The van der Waals surface area contributed by atoms with E-state index in [-0.39, 0.29) is 17.6 Å². The van der Waals surface area contributed by atoms with Crippen molar-refractivity contribution in [3.63, 3.8) is 0 Å². The van der Waals surface area contributed by atoms with E-state index in [0.717, 1.165) is 25.9 Å². The van der Waals surface area contributed by atoms with Gasteiger partial charge in [0.15, 0.2) is 11.0 Å². The molecule has 2 atom stereocenters. The smallest absolute Gasteiger partial charge is 0.404 e. The van der Waals surface area contributed by atoms with E-state index in [4.69, 9.17) is 21.4 Å². The van der Waals surface area contributed by atoms with E-state index in [9.17, 15) is 4.79 Å². The fourth-order valence-electron chi connectivity index (χ4n) is 3.56. The van der Waals surface area contributed by atoms with Crippen LogP contribution in [0, 0.1) is 5.41 Å². The molecule has 9 heteroatoms. The molecule has 7 nitrogen and oxygen atoms in total. The van der Waals surface area contributed by atoms with Gasteiger partial charge in [0.25, 0.3) is 0 Å². The Labute approximate surface area is 147 Å². The molecule has 0 radical (unpaired) electrons. The molecular weight excluding hydrogens is 388 g/mol. The molecule has 0 unspecified atom stereocenters. The summed E-state index contributed by atoms with van der Waals surface area (Å²) >= 11 is 9.42. The quantitative estimate of drug-likeness (QED) is 0.786.